The van der Waals surface area contributed by atoms with Gasteiger partial charge in [-0.25, -0.2) is 0 Å². The lowest BCUT2D eigenvalue weighted by Gasteiger charge is -2.60. The maximum Gasteiger partial charge on any atom is 0.187 e. The van der Waals surface area contributed by atoms with Gasteiger partial charge in [0.2, 0.25) is 0 Å². The summed E-state index contributed by atoms with van der Waals surface area (Å²) in [5.41, 5.74) is -3.51. The highest BCUT2D eigenvalue weighted by molar-refractivity contribution is 5.88. The Labute approximate surface area is 175 Å². The molecule has 1 saturated carbocycles. The fraction of sp³-hybridized carbons (Fsp3) is 0.810. The molecule has 9 atom stereocenters. The van der Waals surface area contributed by atoms with Gasteiger partial charge >= 0.3 is 0 Å². The lowest BCUT2D eigenvalue weighted by Crippen LogP contribution is -2.66. The molecule has 170 valence electrons. The van der Waals surface area contributed by atoms with E-state index in [0.29, 0.717) is 19.0 Å². The van der Waals surface area contributed by atoms with Crippen LogP contribution in [0.3, 0.4) is 0 Å². The molecule has 2 fully saturated rings. The standard InChI is InChI=1S/C21H32O9/c1-19(2)5-4-6-20(3)17(19)12(7-11(8-22)21(20,28)10-24)29-18-16(27)15(26)14(25)13(9-23)30-18/h7-8,10,12-18,23,25-28H,4-6,9H2,1-3H3. The van der Waals surface area contributed by atoms with E-state index in [4.69, 9.17) is 9.47 Å². The molecular weight excluding hydrogens is 396 g/mol. The van der Waals surface area contributed by atoms with Gasteiger partial charge in [0.25, 0.3) is 0 Å². The summed E-state index contributed by atoms with van der Waals surface area (Å²) < 4.78 is 11.5. The van der Waals surface area contributed by atoms with Gasteiger partial charge in [-0.3, -0.25) is 9.59 Å². The van der Waals surface area contributed by atoms with E-state index in [1.165, 1.54) is 6.08 Å². The van der Waals surface area contributed by atoms with Crippen LogP contribution >= 0.6 is 0 Å². The summed E-state index contributed by atoms with van der Waals surface area (Å²) in [5, 5.41) is 51.1. The van der Waals surface area contributed by atoms with Gasteiger partial charge in [0, 0.05) is 16.9 Å². The van der Waals surface area contributed by atoms with Crippen molar-refractivity contribution in [1.29, 1.82) is 0 Å². The zero-order valence-corrected chi connectivity index (χ0v) is 17.5. The Kier molecular flexibility index (Phi) is 6.30. The van der Waals surface area contributed by atoms with Gasteiger partial charge in [-0.2, -0.15) is 0 Å². The first-order valence-corrected chi connectivity index (χ1v) is 10.3. The van der Waals surface area contributed by atoms with E-state index in [0.717, 1.165) is 12.8 Å². The smallest absolute Gasteiger partial charge is 0.187 e. The number of aliphatic hydroxyl groups is 5. The number of fused-ring (bicyclic) bond motifs is 1. The van der Waals surface area contributed by atoms with E-state index in [2.05, 4.69) is 0 Å². The van der Waals surface area contributed by atoms with Crippen LogP contribution < -0.4 is 0 Å². The van der Waals surface area contributed by atoms with Crippen molar-refractivity contribution in [3.8, 4) is 0 Å². The first-order chi connectivity index (χ1) is 14.0. The van der Waals surface area contributed by atoms with Crippen LogP contribution in [-0.4, -0.2) is 87.1 Å². The molecule has 30 heavy (non-hydrogen) atoms. The van der Waals surface area contributed by atoms with Crippen molar-refractivity contribution in [2.24, 2.45) is 16.7 Å². The molecule has 1 aliphatic heterocycles. The predicted octanol–water partition coefficient (Wildman–Crippen LogP) is -0.927. The fourth-order valence-corrected chi connectivity index (χ4v) is 5.83. The summed E-state index contributed by atoms with van der Waals surface area (Å²) >= 11 is 0. The number of hydrogen-bond acceptors (Lipinski definition) is 9. The lowest BCUT2D eigenvalue weighted by atomic mass is 9.46. The van der Waals surface area contributed by atoms with E-state index < -0.39 is 65.8 Å². The van der Waals surface area contributed by atoms with E-state index in [1.807, 2.05) is 13.8 Å². The van der Waals surface area contributed by atoms with Crippen LogP contribution in [0.1, 0.15) is 40.0 Å². The average Bonchev–Trinajstić information content (AvgIpc) is 2.69. The molecule has 9 heteroatoms. The molecule has 0 aromatic heterocycles. The summed E-state index contributed by atoms with van der Waals surface area (Å²) in [7, 11) is 0. The number of carbonyl (C=O) groups is 2. The van der Waals surface area contributed by atoms with Crippen molar-refractivity contribution in [3.63, 3.8) is 0 Å². The number of aliphatic hydroxyl groups excluding tert-OH is 4. The Bertz CT molecular complexity index is 705. The van der Waals surface area contributed by atoms with E-state index >= 15 is 0 Å². The summed E-state index contributed by atoms with van der Waals surface area (Å²) in [5.74, 6) is -0.426. The second-order valence-corrected chi connectivity index (χ2v) is 9.66. The minimum absolute atomic E-state index is 0.122. The SMILES string of the molecule is CC1(C)CCCC2(C)C1C(OC1OC(CO)C(O)C(O)C1O)C=C(C=O)C2(O)C=O. The largest absolute Gasteiger partial charge is 0.394 e. The van der Waals surface area contributed by atoms with Gasteiger partial charge in [-0.15, -0.1) is 0 Å². The van der Waals surface area contributed by atoms with E-state index in [-0.39, 0.29) is 5.57 Å². The number of carbonyl (C=O) groups excluding carboxylic acids is 2. The van der Waals surface area contributed by atoms with Gasteiger partial charge in [0.1, 0.15) is 30.7 Å². The molecule has 1 heterocycles. The van der Waals surface area contributed by atoms with Gasteiger partial charge in [-0.1, -0.05) is 27.2 Å². The minimum atomic E-state index is -1.98. The molecule has 0 bridgehead atoms. The maximum atomic E-state index is 12.0. The van der Waals surface area contributed by atoms with Crippen molar-refractivity contribution >= 4 is 12.6 Å². The zero-order chi connectivity index (χ0) is 22.5. The molecule has 2 aliphatic carbocycles. The summed E-state index contributed by atoms with van der Waals surface area (Å²) in [4.78, 5) is 23.8. The maximum absolute atomic E-state index is 12.0. The number of aldehydes is 2. The third kappa shape index (κ3) is 3.37. The highest BCUT2D eigenvalue weighted by atomic mass is 16.7. The summed E-state index contributed by atoms with van der Waals surface area (Å²) in [6.45, 7) is 5.14. The van der Waals surface area contributed by atoms with Crippen LogP contribution in [0.4, 0.5) is 0 Å². The highest BCUT2D eigenvalue weighted by Crippen LogP contribution is 2.61. The molecule has 0 amide bonds. The van der Waals surface area contributed by atoms with Crippen molar-refractivity contribution < 1.29 is 44.6 Å². The van der Waals surface area contributed by atoms with Crippen LogP contribution in [0.2, 0.25) is 0 Å². The third-order valence-corrected chi connectivity index (χ3v) is 7.47. The number of ether oxygens (including phenoxy) is 2. The van der Waals surface area contributed by atoms with Gasteiger partial charge in [0.15, 0.2) is 18.2 Å². The van der Waals surface area contributed by atoms with Crippen LogP contribution in [-0.2, 0) is 19.1 Å². The Balaban J connectivity index is 2.03. The Morgan fingerprint density at radius 2 is 1.80 bits per heavy atom. The topological polar surface area (TPSA) is 154 Å². The van der Waals surface area contributed by atoms with Crippen molar-refractivity contribution in [3.05, 3.63) is 11.6 Å². The van der Waals surface area contributed by atoms with Crippen molar-refractivity contribution in [2.45, 2.75) is 82.4 Å². The van der Waals surface area contributed by atoms with Gasteiger partial charge in [0.05, 0.1) is 12.7 Å². The minimum Gasteiger partial charge on any atom is -0.394 e. The van der Waals surface area contributed by atoms with E-state index in [1.54, 1.807) is 6.92 Å². The monoisotopic (exact) mass is 428 g/mol. The van der Waals surface area contributed by atoms with E-state index in [9.17, 15) is 35.1 Å². The fourth-order valence-electron chi connectivity index (χ4n) is 5.83. The quantitative estimate of drug-likeness (QED) is 0.350. The third-order valence-electron chi connectivity index (χ3n) is 7.47. The first-order valence-electron chi connectivity index (χ1n) is 10.3. The molecule has 1 saturated heterocycles. The molecular formula is C21H32O9. The van der Waals surface area contributed by atoms with Crippen LogP contribution in [0.25, 0.3) is 0 Å². The van der Waals surface area contributed by atoms with Gasteiger partial charge < -0.3 is 35.0 Å². The molecule has 0 aromatic carbocycles. The molecule has 9 nitrogen and oxygen atoms in total. The molecule has 3 rings (SSSR count). The second-order valence-electron chi connectivity index (χ2n) is 9.66. The summed E-state index contributed by atoms with van der Waals surface area (Å²) in [6, 6.07) is 0. The first kappa shape index (κ1) is 23.5. The molecule has 0 aromatic rings. The van der Waals surface area contributed by atoms with Crippen molar-refractivity contribution in [1.82, 2.24) is 0 Å². The lowest BCUT2D eigenvalue weighted by molar-refractivity contribution is -0.320. The second kappa shape index (κ2) is 8.05. The predicted molar refractivity (Wildman–Crippen MR) is 103 cm³/mol. The summed E-state index contributed by atoms with van der Waals surface area (Å²) in [6.07, 6.45) is -3.83. The van der Waals surface area contributed by atoms with Crippen LogP contribution in [0.5, 0.6) is 0 Å². The highest BCUT2D eigenvalue weighted by Gasteiger charge is 2.64. The number of hydrogen-bond donors (Lipinski definition) is 5. The molecule has 3 aliphatic rings. The molecule has 0 spiro atoms. The molecule has 5 N–H and O–H groups in total. The molecule has 0 radical (unpaired) electrons. The normalized spacial score (nSPS) is 48.4. The van der Waals surface area contributed by atoms with Gasteiger partial charge in [-0.05, 0) is 24.3 Å². The Morgan fingerprint density at radius 1 is 1.13 bits per heavy atom. The average molecular weight is 428 g/mol. The van der Waals surface area contributed by atoms with Crippen LogP contribution in [0, 0.1) is 16.7 Å². The van der Waals surface area contributed by atoms with Crippen molar-refractivity contribution in [2.75, 3.05) is 6.61 Å². The van der Waals surface area contributed by atoms with Crippen LogP contribution in [0.15, 0.2) is 11.6 Å². The Morgan fingerprint density at radius 3 is 2.37 bits per heavy atom. The zero-order valence-electron chi connectivity index (χ0n) is 17.5. The Hall–Kier alpha value is -1.20. The molecule has 9 unspecified atom stereocenters. The number of rotatable bonds is 5.